The van der Waals surface area contributed by atoms with Crippen molar-refractivity contribution in [1.82, 2.24) is 10.2 Å². The van der Waals surface area contributed by atoms with Gasteiger partial charge in [-0.1, -0.05) is 43.3 Å². The third kappa shape index (κ3) is 7.00. The van der Waals surface area contributed by atoms with Crippen LogP contribution in [-0.2, 0) is 20.8 Å². The SMILES string of the molecule is CCc1ccccc1NC(=O)CN(C)CC(=O)NCC(=O)Nc1c(C)cccc1C. The molecule has 2 aromatic carbocycles. The number of nitrogens with one attached hydrogen (secondary N) is 3. The Morgan fingerprint density at radius 1 is 0.833 bits per heavy atom. The highest BCUT2D eigenvalue weighted by molar-refractivity contribution is 5.96. The molecule has 0 aromatic heterocycles. The molecule has 0 radical (unpaired) electrons. The standard InChI is InChI=1S/C23H30N4O3/c1-5-18-11-6-7-12-19(18)25-22(30)15-27(4)14-21(29)24-13-20(28)26-23-16(2)9-8-10-17(23)3/h6-12H,5,13-15H2,1-4H3,(H,24,29)(H,25,30)(H,26,28). The molecule has 0 heterocycles. The topological polar surface area (TPSA) is 90.5 Å². The minimum atomic E-state index is -0.323. The minimum Gasteiger partial charge on any atom is -0.346 e. The lowest BCUT2D eigenvalue weighted by atomic mass is 10.1. The van der Waals surface area contributed by atoms with E-state index in [0.29, 0.717) is 0 Å². The van der Waals surface area contributed by atoms with Crippen LogP contribution in [0.3, 0.4) is 0 Å². The highest BCUT2D eigenvalue weighted by atomic mass is 16.2. The molecule has 2 rings (SSSR count). The Hall–Kier alpha value is -3.19. The number of aryl methyl sites for hydroxylation is 3. The Kier molecular flexibility index (Phi) is 8.55. The summed E-state index contributed by atoms with van der Waals surface area (Å²) in [5, 5.41) is 8.29. The zero-order valence-electron chi connectivity index (χ0n) is 18.0. The van der Waals surface area contributed by atoms with Crippen molar-refractivity contribution in [2.75, 3.05) is 37.3 Å². The highest BCUT2D eigenvalue weighted by Gasteiger charge is 2.13. The molecule has 0 aliphatic rings. The molecule has 3 amide bonds. The van der Waals surface area contributed by atoms with E-state index in [1.165, 1.54) is 0 Å². The average molecular weight is 411 g/mol. The van der Waals surface area contributed by atoms with Crippen molar-refractivity contribution in [3.05, 3.63) is 59.2 Å². The van der Waals surface area contributed by atoms with Crippen LogP contribution in [0.4, 0.5) is 11.4 Å². The van der Waals surface area contributed by atoms with E-state index in [9.17, 15) is 14.4 Å². The van der Waals surface area contributed by atoms with Crippen LogP contribution in [0.2, 0.25) is 0 Å². The van der Waals surface area contributed by atoms with E-state index in [1.54, 1.807) is 11.9 Å². The average Bonchev–Trinajstić information content (AvgIpc) is 2.69. The Morgan fingerprint density at radius 3 is 2.13 bits per heavy atom. The number of amides is 3. The second-order valence-corrected chi connectivity index (χ2v) is 7.32. The number of carbonyl (C=O) groups is 3. The number of hydrogen-bond acceptors (Lipinski definition) is 4. The summed E-state index contributed by atoms with van der Waals surface area (Å²) in [7, 11) is 1.68. The van der Waals surface area contributed by atoms with Crippen LogP contribution in [0.15, 0.2) is 42.5 Å². The molecule has 0 atom stereocenters. The van der Waals surface area contributed by atoms with Crippen LogP contribution in [0.1, 0.15) is 23.6 Å². The molecule has 0 saturated heterocycles. The third-order valence-electron chi connectivity index (χ3n) is 4.69. The summed E-state index contributed by atoms with van der Waals surface area (Å²) in [4.78, 5) is 38.1. The van der Waals surface area contributed by atoms with Gasteiger partial charge in [0.15, 0.2) is 0 Å². The Bertz CT molecular complexity index is 891. The van der Waals surface area contributed by atoms with Crippen molar-refractivity contribution in [1.29, 1.82) is 0 Å². The number of rotatable bonds is 9. The second kappa shape index (κ2) is 11.1. The molecular weight excluding hydrogens is 380 g/mol. The summed E-state index contributed by atoms with van der Waals surface area (Å²) in [6, 6.07) is 13.4. The van der Waals surface area contributed by atoms with Crippen LogP contribution in [0, 0.1) is 13.8 Å². The van der Waals surface area contributed by atoms with Crippen molar-refractivity contribution in [3.8, 4) is 0 Å². The second-order valence-electron chi connectivity index (χ2n) is 7.32. The predicted molar refractivity (Wildman–Crippen MR) is 120 cm³/mol. The quantitative estimate of drug-likeness (QED) is 0.592. The van der Waals surface area contributed by atoms with Gasteiger partial charge in [0, 0.05) is 11.4 Å². The fourth-order valence-corrected chi connectivity index (χ4v) is 3.12. The first-order valence-corrected chi connectivity index (χ1v) is 9.99. The first-order chi connectivity index (χ1) is 14.3. The van der Waals surface area contributed by atoms with E-state index in [1.807, 2.05) is 63.2 Å². The van der Waals surface area contributed by atoms with Gasteiger partial charge in [-0.2, -0.15) is 0 Å². The zero-order chi connectivity index (χ0) is 22.1. The van der Waals surface area contributed by atoms with E-state index in [2.05, 4.69) is 16.0 Å². The van der Waals surface area contributed by atoms with Gasteiger partial charge in [-0.05, 0) is 50.1 Å². The Balaban J connectivity index is 1.76. The molecule has 7 heteroatoms. The van der Waals surface area contributed by atoms with E-state index in [4.69, 9.17) is 0 Å². The molecular formula is C23H30N4O3. The van der Waals surface area contributed by atoms with Gasteiger partial charge in [0.05, 0.1) is 19.6 Å². The van der Waals surface area contributed by atoms with Gasteiger partial charge in [-0.3, -0.25) is 19.3 Å². The summed E-state index contributed by atoms with van der Waals surface area (Å²) in [6.07, 6.45) is 0.818. The number of likely N-dealkylation sites (N-methyl/N-ethyl adjacent to an activating group) is 1. The van der Waals surface area contributed by atoms with E-state index in [-0.39, 0.29) is 37.4 Å². The van der Waals surface area contributed by atoms with Gasteiger partial charge in [0.25, 0.3) is 0 Å². The highest BCUT2D eigenvalue weighted by Crippen LogP contribution is 2.19. The van der Waals surface area contributed by atoms with Crippen LogP contribution in [-0.4, -0.2) is 49.3 Å². The Morgan fingerprint density at radius 2 is 1.47 bits per heavy atom. The van der Waals surface area contributed by atoms with Gasteiger partial charge in [-0.15, -0.1) is 0 Å². The third-order valence-corrected chi connectivity index (χ3v) is 4.69. The molecule has 0 saturated carbocycles. The maximum absolute atomic E-state index is 12.3. The molecule has 0 unspecified atom stereocenters. The van der Waals surface area contributed by atoms with Gasteiger partial charge in [-0.25, -0.2) is 0 Å². The summed E-state index contributed by atoms with van der Waals surface area (Å²) in [5.74, 6) is -0.813. The van der Waals surface area contributed by atoms with Crippen molar-refractivity contribution < 1.29 is 14.4 Å². The van der Waals surface area contributed by atoms with Crippen LogP contribution < -0.4 is 16.0 Å². The Labute approximate surface area is 177 Å². The van der Waals surface area contributed by atoms with Gasteiger partial charge in [0.1, 0.15) is 0 Å². The molecule has 0 aliphatic carbocycles. The maximum atomic E-state index is 12.3. The summed E-state index contributed by atoms with van der Waals surface area (Å²) in [6.45, 7) is 5.81. The number of carbonyl (C=O) groups excluding carboxylic acids is 3. The van der Waals surface area contributed by atoms with Gasteiger partial charge < -0.3 is 16.0 Å². The molecule has 7 nitrogen and oxygen atoms in total. The van der Waals surface area contributed by atoms with Gasteiger partial charge in [0.2, 0.25) is 17.7 Å². The fraction of sp³-hybridized carbons (Fsp3) is 0.348. The van der Waals surface area contributed by atoms with Crippen LogP contribution in [0.25, 0.3) is 0 Å². The molecule has 0 fully saturated rings. The lowest BCUT2D eigenvalue weighted by Gasteiger charge is -2.17. The van der Waals surface area contributed by atoms with Crippen LogP contribution >= 0.6 is 0 Å². The number of benzene rings is 2. The molecule has 0 aliphatic heterocycles. The van der Waals surface area contributed by atoms with Crippen molar-refractivity contribution in [2.24, 2.45) is 0 Å². The summed E-state index contributed by atoms with van der Waals surface area (Å²) < 4.78 is 0. The molecule has 30 heavy (non-hydrogen) atoms. The zero-order valence-corrected chi connectivity index (χ0v) is 18.0. The van der Waals surface area contributed by atoms with Gasteiger partial charge >= 0.3 is 0 Å². The van der Waals surface area contributed by atoms with Crippen molar-refractivity contribution in [3.63, 3.8) is 0 Å². The first-order valence-electron chi connectivity index (χ1n) is 9.99. The van der Waals surface area contributed by atoms with Crippen molar-refractivity contribution >= 4 is 29.1 Å². The lowest BCUT2D eigenvalue weighted by Crippen LogP contribution is -2.41. The minimum absolute atomic E-state index is 0.0134. The maximum Gasteiger partial charge on any atom is 0.243 e. The molecule has 2 aromatic rings. The monoisotopic (exact) mass is 410 g/mol. The molecule has 3 N–H and O–H groups in total. The predicted octanol–water partition coefficient (Wildman–Crippen LogP) is 2.49. The van der Waals surface area contributed by atoms with E-state index < -0.39 is 0 Å². The molecule has 160 valence electrons. The lowest BCUT2D eigenvalue weighted by molar-refractivity contribution is -0.125. The number of para-hydroxylation sites is 2. The summed E-state index contributed by atoms with van der Waals surface area (Å²) >= 11 is 0. The smallest absolute Gasteiger partial charge is 0.243 e. The molecule has 0 spiro atoms. The normalized spacial score (nSPS) is 10.6. The first kappa shape index (κ1) is 23.1. The van der Waals surface area contributed by atoms with E-state index >= 15 is 0 Å². The number of anilines is 2. The largest absolute Gasteiger partial charge is 0.346 e. The van der Waals surface area contributed by atoms with E-state index in [0.717, 1.165) is 34.5 Å². The summed E-state index contributed by atoms with van der Waals surface area (Å²) in [5.41, 5.74) is 4.53. The fourth-order valence-electron chi connectivity index (χ4n) is 3.12. The number of nitrogens with zero attached hydrogens (tertiary/aromatic N) is 1. The number of hydrogen-bond donors (Lipinski definition) is 3. The van der Waals surface area contributed by atoms with Crippen molar-refractivity contribution in [2.45, 2.75) is 27.2 Å². The molecule has 0 bridgehead atoms. The van der Waals surface area contributed by atoms with Crippen LogP contribution in [0.5, 0.6) is 0 Å².